The van der Waals surface area contributed by atoms with Crippen LogP contribution in [0.3, 0.4) is 0 Å². The molecule has 0 N–H and O–H groups in total. The molecule has 7 nitrogen and oxygen atoms in total. The molecule has 3 aromatic rings. The van der Waals surface area contributed by atoms with E-state index in [1.54, 1.807) is 49.5 Å². The highest BCUT2D eigenvalue weighted by atomic mass is 16.5. The molecule has 1 heterocycles. The first-order chi connectivity index (χ1) is 13.2. The second-order valence-corrected chi connectivity index (χ2v) is 5.72. The molecule has 0 saturated heterocycles. The Morgan fingerprint density at radius 3 is 2.41 bits per heavy atom. The normalized spacial score (nSPS) is 10.4. The summed E-state index contributed by atoms with van der Waals surface area (Å²) in [5, 5.41) is 7.82. The van der Waals surface area contributed by atoms with Gasteiger partial charge in [-0.2, -0.15) is 0 Å². The first kappa shape index (κ1) is 18.3. The Balaban J connectivity index is 1.55. The molecule has 0 saturated carbocycles. The van der Waals surface area contributed by atoms with E-state index in [-0.39, 0.29) is 24.9 Å². The zero-order valence-electron chi connectivity index (χ0n) is 14.9. The summed E-state index contributed by atoms with van der Waals surface area (Å²) in [4.78, 5) is 23.8. The minimum absolute atomic E-state index is 0.0110. The van der Waals surface area contributed by atoms with Crippen molar-refractivity contribution in [3.8, 4) is 5.75 Å². The van der Waals surface area contributed by atoms with E-state index in [1.807, 2.05) is 18.2 Å². The highest BCUT2D eigenvalue weighted by molar-refractivity contribution is 6.08. The number of aromatic nitrogens is 3. The monoisotopic (exact) mass is 365 g/mol. The van der Waals surface area contributed by atoms with Gasteiger partial charge in [-0.15, -0.1) is 5.10 Å². The molecule has 0 bridgehead atoms. The summed E-state index contributed by atoms with van der Waals surface area (Å²) in [6.07, 6.45) is 1.63. The van der Waals surface area contributed by atoms with Gasteiger partial charge in [0, 0.05) is 11.1 Å². The molecule has 2 aromatic carbocycles. The van der Waals surface area contributed by atoms with Gasteiger partial charge < -0.3 is 9.47 Å². The van der Waals surface area contributed by atoms with Crippen molar-refractivity contribution in [2.24, 2.45) is 0 Å². The number of hydrogen-bond acceptors (Lipinski definition) is 6. The first-order valence-corrected chi connectivity index (χ1v) is 8.53. The van der Waals surface area contributed by atoms with Crippen molar-refractivity contribution in [2.75, 3.05) is 6.61 Å². The molecule has 7 heteroatoms. The van der Waals surface area contributed by atoms with Gasteiger partial charge >= 0.3 is 5.97 Å². The molecule has 0 aliphatic rings. The molecule has 138 valence electrons. The van der Waals surface area contributed by atoms with Gasteiger partial charge in [-0.05, 0) is 31.2 Å². The molecular formula is C20H19N3O4. The molecule has 0 radical (unpaired) electrons. The quantitative estimate of drug-likeness (QED) is 0.451. The summed E-state index contributed by atoms with van der Waals surface area (Å²) in [6.45, 7) is 2.29. The van der Waals surface area contributed by atoms with Gasteiger partial charge in [-0.25, -0.2) is 4.68 Å². The second-order valence-electron chi connectivity index (χ2n) is 5.72. The lowest BCUT2D eigenvalue weighted by Gasteiger charge is -2.05. The van der Waals surface area contributed by atoms with E-state index in [9.17, 15) is 9.59 Å². The van der Waals surface area contributed by atoms with E-state index in [2.05, 4.69) is 10.3 Å². The van der Waals surface area contributed by atoms with Gasteiger partial charge in [0.05, 0.1) is 12.8 Å². The number of carbonyl (C=O) groups is 2. The van der Waals surface area contributed by atoms with Crippen molar-refractivity contribution in [3.05, 3.63) is 77.6 Å². The van der Waals surface area contributed by atoms with Crippen LogP contribution in [0.4, 0.5) is 0 Å². The lowest BCUT2D eigenvalue weighted by molar-refractivity contribution is -0.144. The van der Waals surface area contributed by atoms with E-state index in [0.29, 0.717) is 29.2 Å². The third-order valence-electron chi connectivity index (χ3n) is 3.72. The Hall–Kier alpha value is -3.48. The summed E-state index contributed by atoms with van der Waals surface area (Å²) in [6, 6.07) is 16.0. The van der Waals surface area contributed by atoms with Crippen molar-refractivity contribution in [1.29, 1.82) is 0 Å². The third-order valence-corrected chi connectivity index (χ3v) is 3.72. The van der Waals surface area contributed by atoms with Crippen molar-refractivity contribution >= 4 is 11.8 Å². The number of ketones is 1. The Morgan fingerprint density at radius 1 is 1.00 bits per heavy atom. The Bertz CT molecular complexity index is 904. The van der Waals surface area contributed by atoms with E-state index in [4.69, 9.17) is 9.47 Å². The molecule has 0 atom stereocenters. The highest BCUT2D eigenvalue weighted by Crippen LogP contribution is 2.16. The number of benzene rings is 2. The Labute approximate surface area is 156 Å². The molecule has 1 aromatic heterocycles. The maximum absolute atomic E-state index is 12.4. The zero-order valence-corrected chi connectivity index (χ0v) is 14.9. The van der Waals surface area contributed by atoms with Crippen LogP contribution in [0.25, 0.3) is 0 Å². The smallest absolute Gasteiger partial charge is 0.327 e. The van der Waals surface area contributed by atoms with Crippen LogP contribution in [0, 0.1) is 0 Å². The maximum Gasteiger partial charge on any atom is 0.327 e. The van der Waals surface area contributed by atoms with Gasteiger partial charge in [0.2, 0.25) is 0 Å². The van der Waals surface area contributed by atoms with E-state index < -0.39 is 0 Å². The van der Waals surface area contributed by atoms with Crippen molar-refractivity contribution < 1.29 is 19.1 Å². The van der Waals surface area contributed by atoms with Crippen LogP contribution >= 0.6 is 0 Å². The summed E-state index contributed by atoms with van der Waals surface area (Å²) in [7, 11) is 0. The van der Waals surface area contributed by atoms with Crippen LogP contribution in [-0.2, 0) is 22.7 Å². The average molecular weight is 365 g/mol. The fraction of sp³-hybridized carbons (Fsp3) is 0.200. The largest absolute Gasteiger partial charge is 0.487 e. The van der Waals surface area contributed by atoms with Crippen LogP contribution in [0.5, 0.6) is 5.75 Å². The Kier molecular flexibility index (Phi) is 5.94. The van der Waals surface area contributed by atoms with Crippen molar-refractivity contribution in [1.82, 2.24) is 15.0 Å². The van der Waals surface area contributed by atoms with Crippen LogP contribution in [-0.4, -0.2) is 33.4 Å². The summed E-state index contributed by atoms with van der Waals surface area (Å²) in [5.74, 6) is 0.206. The van der Waals surface area contributed by atoms with Gasteiger partial charge in [0.15, 0.2) is 5.78 Å². The van der Waals surface area contributed by atoms with Crippen molar-refractivity contribution in [3.63, 3.8) is 0 Å². The fourth-order valence-electron chi connectivity index (χ4n) is 2.44. The van der Waals surface area contributed by atoms with Crippen molar-refractivity contribution in [2.45, 2.75) is 20.1 Å². The zero-order chi connectivity index (χ0) is 19.1. The molecule has 0 spiro atoms. The molecule has 0 aliphatic carbocycles. The molecular weight excluding hydrogens is 346 g/mol. The van der Waals surface area contributed by atoms with E-state index >= 15 is 0 Å². The summed E-state index contributed by atoms with van der Waals surface area (Å²) < 4.78 is 11.9. The number of esters is 1. The number of nitrogens with zero attached hydrogens (tertiary/aromatic N) is 3. The predicted octanol–water partition coefficient (Wildman–Crippen LogP) is 2.65. The summed E-state index contributed by atoms with van der Waals surface area (Å²) in [5.41, 5.74) is 1.82. The maximum atomic E-state index is 12.4. The standard InChI is InChI=1S/C20H19N3O4/c1-2-26-19(24)13-23-12-17(21-22-23)14-27-18-10-8-16(9-11-18)20(25)15-6-4-3-5-7-15/h3-12H,2,13-14H2,1H3. The van der Waals surface area contributed by atoms with E-state index in [0.717, 1.165) is 0 Å². The molecule has 3 rings (SSSR count). The Morgan fingerprint density at radius 2 is 1.70 bits per heavy atom. The van der Waals surface area contributed by atoms with Gasteiger partial charge in [0.25, 0.3) is 0 Å². The number of hydrogen-bond donors (Lipinski definition) is 0. The molecule has 0 unspecified atom stereocenters. The average Bonchev–Trinajstić information content (AvgIpc) is 3.14. The van der Waals surface area contributed by atoms with E-state index in [1.165, 1.54) is 4.68 Å². The van der Waals surface area contributed by atoms with Gasteiger partial charge in [0.1, 0.15) is 24.6 Å². The van der Waals surface area contributed by atoms with Gasteiger partial charge in [-0.3, -0.25) is 9.59 Å². The molecule has 0 amide bonds. The fourth-order valence-corrected chi connectivity index (χ4v) is 2.44. The lowest BCUT2D eigenvalue weighted by atomic mass is 10.0. The topological polar surface area (TPSA) is 83.3 Å². The minimum Gasteiger partial charge on any atom is -0.487 e. The predicted molar refractivity (Wildman–Crippen MR) is 97.3 cm³/mol. The summed E-state index contributed by atoms with van der Waals surface area (Å²) >= 11 is 0. The number of carbonyl (C=O) groups excluding carboxylic acids is 2. The number of rotatable bonds is 8. The van der Waals surface area contributed by atoms with Crippen LogP contribution in [0.2, 0.25) is 0 Å². The second kappa shape index (κ2) is 8.75. The molecule has 0 aliphatic heterocycles. The van der Waals surface area contributed by atoms with Crippen LogP contribution < -0.4 is 4.74 Å². The minimum atomic E-state index is -0.367. The lowest BCUT2D eigenvalue weighted by Crippen LogP contribution is -2.13. The molecule has 27 heavy (non-hydrogen) atoms. The highest BCUT2D eigenvalue weighted by Gasteiger charge is 2.09. The SMILES string of the molecule is CCOC(=O)Cn1cc(COc2ccc(C(=O)c3ccccc3)cc2)nn1. The van der Waals surface area contributed by atoms with Gasteiger partial charge in [-0.1, -0.05) is 35.5 Å². The number of ether oxygens (including phenoxy) is 2. The van der Waals surface area contributed by atoms with Crippen LogP contribution in [0.1, 0.15) is 28.5 Å². The molecule has 0 fully saturated rings. The van der Waals surface area contributed by atoms with Crippen LogP contribution in [0.15, 0.2) is 60.8 Å². The first-order valence-electron chi connectivity index (χ1n) is 8.53. The third kappa shape index (κ3) is 5.01.